The Bertz CT molecular complexity index is 316. The quantitative estimate of drug-likeness (QED) is 0.522. The maximum absolute atomic E-state index is 11.3. The van der Waals surface area contributed by atoms with Gasteiger partial charge in [0.1, 0.15) is 13.2 Å². The highest BCUT2D eigenvalue weighted by atomic mass is 16.6. The molecule has 0 bridgehead atoms. The van der Waals surface area contributed by atoms with Crippen LogP contribution in [0.25, 0.3) is 0 Å². The van der Waals surface area contributed by atoms with E-state index in [0.29, 0.717) is 0 Å². The maximum Gasteiger partial charge on any atom is 0.337 e. The van der Waals surface area contributed by atoms with Crippen molar-refractivity contribution in [1.82, 2.24) is 0 Å². The Balaban J connectivity index is 4.28. The van der Waals surface area contributed by atoms with Crippen LogP contribution in [0.4, 0.5) is 0 Å². The Labute approximate surface area is 105 Å². The van der Waals surface area contributed by atoms with Crippen LogP contribution in [0.3, 0.4) is 0 Å². The minimum Gasteiger partial charge on any atom is -0.462 e. The molecule has 7 nitrogen and oxygen atoms in total. The van der Waals surface area contributed by atoms with Crippen LogP contribution in [0.15, 0.2) is 0 Å². The van der Waals surface area contributed by atoms with E-state index >= 15 is 0 Å². The largest absolute Gasteiger partial charge is 0.462 e. The molecular formula is C11H18O7. The third kappa shape index (κ3) is 7.61. The van der Waals surface area contributed by atoms with Gasteiger partial charge in [0.25, 0.3) is 0 Å². The summed E-state index contributed by atoms with van der Waals surface area (Å²) in [5.74, 6) is -1.99. The van der Waals surface area contributed by atoms with Gasteiger partial charge in [-0.15, -0.1) is 0 Å². The van der Waals surface area contributed by atoms with E-state index in [1.165, 1.54) is 27.7 Å². The van der Waals surface area contributed by atoms with Crippen LogP contribution in [0, 0.1) is 0 Å². The van der Waals surface area contributed by atoms with E-state index in [-0.39, 0.29) is 13.2 Å². The van der Waals surface area contributed by atoms with Crippen LogP contribution in [-0.2, 0) is 28.6 Å². The summed E-state index contributed by atoms with van der Waals surface area (Å²) in [4.78, 5) is 32.7. The van der Waals surface area contributed by atoms with Gasteiger partial charge in [0.15, 0.2) is 11.7 Å². The van der Waals surface area contributed by atoms with Crippen LogP contribution in [0.5, 0.6) is 0 Å². The van der Waals surface area contributed by atoms with Gasteiger partial charge >= 0.3 is 17.9 Å². The average Bonchev–Trinajstić information content (AvgIpc) is 2.19. The molecule has 0 aliphatic rings. The van der Waals surface area contributed by atoms with Crippen LogP contribution >= 0.6 is 0 Å². The fourth-order valence-corrected chi connectivity index (χ4v) is 0.906. The van der Waals surface area contributed by atoms with Gasteiger partial charge in [-0.1, -0.05) is 0 Å². The molecule has 0 saturated heterocycles. The first-order chi connectivity index (χ1) is 8.12. The SMILES string of the molecule is CC(=O)OCC(COC(=O)C(C)(C)O)OC(C)=O. The molecule has 0 aromatic rings. The summed E-state index contributed by atoms with van der Waals surface area (Å²) in [6, 6.07) is 0. The highest BCUT2D eigenvalue weighted by Gasteiger charge is 2.27. The van der Waals surface area contributed by atoms with Gasteiger partial charge in [0.05, 0.1) is 0 Å². The monoisotopic (exact) mass is 262 g/mol. The van der Waals surface area contributed by atoms with Gasteiger partial charge in [-0.3, -0.25) is 9.59 Å². The average molecular weight is 262 g/mol. The molecule has 0 radical (unpaired) electrons. The van der Waals surface area contributed by atoms with Crippen molar-refractivity contribution < 1.29 is 33.7 Å². The van der Waals surface area contributed by atoms with Gasteiger partial charge in [-0.25, -0.2) is 4.79 Å². The lowest BCUT2D eigenvalue weighted by Gasteiger charge is -2.20. The van der Waals surface area contributed by atoms with Crippen molar-refractivity contribution in [2.45, 2.75) is 39.4 Å². The molecule has 0 fully saturated rings. The maximum atomic E-state index is 11.3. The zero-order valence-corrected chi connectivity index (χ0v) is 10.9. The lowest BCUT2D eigenvalue weighted by atomic mass is 10.1. The van der Waals surface area contributed by atoms with Crippen molar-refractivity contribution >= 4 is 17.9 Å². The highest BCUT2D eigenvalue weighted by Crippen LogP contribution is 2.05. The number of carbonyl (C=O) groups excluding carboxylic acids is 3. The molecule has 7 heteroatoms. The third-order valence-corrected chi connectivity index (χ3v) is 1.70. The third-order valence-electron chi connectivity index (χ3n) is 1.70. The van der Waals surface area contributed by atoms with Crippen molar-refractivity contribution in [3.8, 4) is 0 Å². The molecule has 18 heavy (non-hydrogen) atoms. The molecule has 1 N–H and O–H groups in total. The van der Waals surface area contributed by atoms with E-state index in [9.17, 15) is 19.5 Å². The van der Waals surface area contributed by atoms with Crippen LogP contribution in [-0.4, -0.2) is 47.9 Å². The lowest BCUT2D eigenvalue weighted by Crippen LogP contribution is -2.37. The molecule has 1 unspecified atom stereocenters. The van der Waals surface area contributed by atoms with Gasteiger partial charge in [0.2, 0.25) is 0 Å². The summed E-state index contributed by atoms with van der Waals surface area (Å²) in [5, 5.41) is 9.33. The van der Waals surface area contributed by atoms with E-state index in [4.69, 9.17) is 9.47 Å². The predicted molar refractivity (Wildman–Crippen MR) is 59.4 cm³/mol. The zero-order chi connectivity index (χ0) is 14.3. The predicted octanol–water partition coefficient (Wildman–Crippen LogP) is -0.205. The van der Waals surface area contributed by atoms with Crippen molar-refractivity contribution in [3.05, 3.63) is 0 Å². The second-order valence-corrected chi connectivity index (χ2v) is 4.19. The summed E-state index contributed by atoms with van der Waals surface area (Å²) in [5.41, 5.74) is -1.64. The first kappa shape index (κ1) is 16.4. The van der Waals surface area contributed by atoms with Crippen molar-refractivity contribution in [3.63, 3.8) is 0 Å². The molecule has 0 spiro atoms. The summed E-state index contributed by atoms with van der Waals surface area (Å²) in [6.07, 6.45) is -0.891. The molecule has 0 saturated carbocycles. The summed E-state index contributed by atoms with van der Waals surface area (Å²) < 4.78 is 14.2. The topological polar surface area (TPSA) is 99.1 Å². The van der Waals surface area contributed by atoms with Gasteiger partial charge < -0.3 is 19.3 Å². The Morgan fingerprint density at radius 3 is 1.94 bits per heavy atom. The van der Waals surface area contributed by atoms with Crippen LogP contribution in [0.1, 0.15) is 27.7 Å². The van der Waals surface area contributed by atoms with Crippen LogP contribution in [0.2, 0.25) is 0 Å². The van der Waals surface area contributed by atoms with Crippen molar-refractivity contribution in [2.75, 3.05) is 13.2 Å². The number of aliphatic hydroxyl groups is 1. The first-order valence-corrected chi connectivity index (χ1v) is 5.33. The normalized spacial score (nSPS) is 12.5. The number of hydrogen-bond acceptors (Lipinski definition) is 7. The van der Waals surface area contributed by atoms with Crippen LogP contribution < -0.4 is 0 Å². The van der Waals surface area contributed by atoms with E-state index in [2.05, 4.69) is 4.74 Å². The number of esters is 3. The van der Waals surface area contributed by atoms with Crippen molar-refractivity contribution in [2.24, 2.45) is 0 Å². The molecule has 0 rings (SSSR count). The smallest absolute Gasteiger partial charge is 0.337 e. The number of ether oxygens (including phenoxy) is 3. The minimum absolute atomic E-state index is 0.214. The fraction of sp³-hybridized carbons (Fsp3) is 0.727. The van der Waals surface area contributed by atoms with E-state index in [1.807, 2.05) is 0 Å². The van der Waals surface area contributed by atoms with Crippen molar-refractivity contribution in [1.29, 1.82) is 0 Å². The van der Waals surface area contributed by atoms with E-state index in [1.54, 1.807) is 0 Å². The molecule has 0 aromatic carbocycles. The second-order valence-electron chi connectivity index (χ2n) is 4.19. The lowest BCUT2D eigenvalue weighted by molar-refractivity contribution is -0.173. The Hall–Kier alpha value is -1.63. The molecule has 0 aromatic heterocycles. The highest BCUT2D eigenvalue weighted by molar-refractivity contribution is 5.78. The standard InChI is InChI=1S/C11H18O7/c1-7(12)16-5-9(18-8(2)13)6-17-10(14)11(3,4)15/h9,15H,5-6H2,1-4H3. The van der Waals surface area contributed by atoms with Gasteiger partial charge in [-0.05, 0) is 13.8 Å². The Kier molecular flexibility index (Phi) is 6.32. The minimum atomic E-state index is -1.64. The number of carbonyl (C=O) groups is 3. The molecule has 1 atom stereocenters. The van der Waals surface area contributed by atoms with Gasteiger partial charge in [-0.2, -0.15) is 0 Å². The summed E-state index contributed by atoms with van der Waals surface area (Å²) in [7, 11) is 0. The Morgan fingerprint density at radius 2 is 1.56 bits per heavy atom. The molecular weight excluding hydrogens is 244 g/mol. The molecule has 0 heterocycles. The molecule has 104 valence electrons. The number of hydrogen-bond donors (Lipinski definition) is 1. The van der Waals surface area contributed by atoms with E-state index in [0.717, 1.165) is 0 Å². The number of rotatable bonds is 6. The Morgan fingerprint density at radius 1 is 1.06 bits per heavy atom. The first-order valence-electron chi connectivity index (χ1n) is 5.33. The zero-order valence-electron chi connectivity index (χ0n) is 10.9. The summed E-state index contributed by atoms with van der Waals surface area (Å²) >= 11 is 0. The second kappa shape index (κ2) is 6.95. The molecule has 0 aliphatic carbocycles. The fourth-order valence-electron chi connectivity index (χ4n) is 0.906. The van der Waals surface area contributed by atoms with E-state index < -0.39 is 29.6 Å². The molecule has 0 aliphatic heterocycles. The summed E-state index contributed by atoms with van der Waals surface area (Å²) in [6.45, 7) is 4.40. The molecule has 0 amide bonds. The van der Waals surface area contributed by atoms with Gasteiger partial charge in [0, 0.05) is 13.8 Å².